The normalized spacial score (nSPS) is 11.8. The van der Waals surface area contributed by atoms with Crippen molar-refractivity contribution in [3.05, 3.63) is 56.8 Å². The van der Waals surface area contributed by atoms with Gasteiger partial charge in [0.1, 0.15) is 5.82 Å². The van der Waals surface area contributed by atoms with E-state index in [9.17, 15) is 17.6 Å². The van der Waals surface area contributed by atoms with Gasteiger partial charge in [-0.15, -0.1) is 0 Å². The molecule has 0 saturated heterocycles. The quantitative estimate of drug-likeness (QED) is 0.411. The lowest BCUT2D eigenvalue weighted by Crippen LogP contribution is -2.05. The van der Waals surface area contributed by atoms with Crippen LogP contribution in [0.25, 0.3) is 11.1 Å². The fraction of sp³-hybridized carbons (Fsp3) is 0.0769. The van der Waals surface area contributed by atoms with Crippen molar-refractivity contribution < 1.29 is 17.6 Å². The van der Waals surface area contributed by atoms with E-state index in [0.717, 1.165) is 6.07 Å². The van der Waals surface area contributed by atoms with Gasteiger partial charge in [0.2, 0.25) is 0 Å². The molecule has 20 heavy (non-hydrogen) atoms. The predicted molar refractivity (Wildman–Crippen MR) is 71.9 cm³/mol. The van der Waals surface area contributed by atoms with Crippen molar-refractivity contribution in [1.29, 1.82) is 0 Å². The van der Waals surface area contributed by atoms with Crippen molar-refractivity contribution in [2.24, 2.45) is 0 Å². The molecular weight excluding hydrogens is 338 g/mol. The van der Waals surface area contributed by atoms with E-state index in [1.807, 2.05) is 0 Å². The molecule has 0 radical (unpaired) electrons. The standard InChI is InChI=1S/C13H5Cl3F4/c14-9-3-2-7(11(15)12(9)16)8-5-6(13(18,19)20)1-4-10(8)17/h1-5H. The van der Waals surface area contributed by atoms with Crippen LogP contribution in [0.5, 0.6) is 0 Å². The molecule has 0 heterocycles. The molecule has 0 N–H and O–H groups in total. The van der Waals surface area contributed by atoms with Crippen molar-refractivity contribution in [1.82, 2.24) is 0 Å². The summed E-state index contributed by atoms with van der Waals surface area (Å²) in [6.45, 7) is 0. The molecule has 2 aromatic carbocycles. The van der Waals surface area contributed by atoms with Gasteiger partial charge in [-0.25, -0.2) is 4.39 Å². The summed E-state index contributed by atoms with van der Waals surface area (Å²) in [6.07, 6.45) is -4.58. The number of benzene rings is 2. The van der Waals surface area contributed by atoms with Crippen LogP contribution in [-0.2, 0) is 6.18 Å². The Morgan fingerprint density at radius 1 is 0.800 bits per heavy atom. The van der Waals surface area contributed by atoms with Crippen molar-refractivity contribution in [3.63, 3.8) is 0 Å². The van der Waals surface area contributed by atoms with Gasteiger partial charge in [-0.1, -0.05) is 40.9 Å². The smallest absolute Gasteiger partial charge is 0.206 e. The van der Waals surface area contributed by atoms with Crippen LogP contribution in [0.4, 0.5) is 17.6 Å². The molecule has 0 unspecified atom stereocenters. The van der Waals surface area contributed by atoms with Gasteiger partial charge in [-0.3, -0.25) is 0 Å². The number of hydrogen-bond donors (Lipinski definition) is 0. The summed E-state index contributed by atoms with van der Waals surface area (Å²) < 4.78 is 51.7. The third-order valence-electron chi connectivity index (χ3n) is 2.62. The lowest BCUT2D eigenvalue weighted by atomic mass is 10.0. The van der Waals surface area contributed by atoms with Gasteiger partial charge in [-0.05, 0) is 24.3 Å². The van der Waals surface area contributed by atoms with Crippen LogP contribution in [0.2, 0.25) is 15.1 Å². The Hall–Kier alpha value is -0.970. The summed E-state index contributed by atoms with van der Waals surface area (Å²) in [5.41, 5.74) is -1.22. The third kappa shape index (κ3) is 2.87. The Balaban J connectivity index is 2.67. The highest BCUT2D eigenvalue weighted by Gasteiger charge is 2.31. The summed E-state index contributed by atoms with van der Waals surface area (Å²) in [5.74, 6) is -0.835. The van der Waals surface area contributed by atoms with E-state index < -0.39 is 17.6 Å². The second-order valence-corrected chi connectivity index (χ2v) is 5.08. The molecule has 0 bridgehead atoms. The Morgan fingerprint density at radius 3 is 2.05 bits per heavy atom. The lowest BCUT2D eigenvalue weighted by molar-refractivity contribution is -0.137. The molecule has 0 spiro atoms. The average molecular weight is 344 g/mol. The second kappa shape index (κ2) is 5.43. The van der Waals surface area contributed by atoms with E-state index in [1.54, 1.807) is 0 Å². The van der Waals surface area contributed by atoms with E-state index in [-0.39, 0.29) is 26.2 Å². The highest BCUT2D eigenvalue weighted by Crippen LogP contribution is 2.40. The van der Waals surface area contributed by atoms with Crippen LogP contribution >= 0.6 is 34.8 Å². The van der Waals surface area contributed by atoms with E-state index in [2.05, 4.69) is 0 Å². The van der Waals surface area contributed by atoms with Crippen molar-refractivity contribution >= 4 is 34.8 Å². The summed E-state index contributed by atoms with van der Waals surface area (Å²) in [7, 11) is 0. The molecule has 0 amide bonds. The first-order valence-electron chi connectivity index (χ1n) is 5.22. The SMILES string of the molecule is Fc1ccc(C(F)(F)F)cc1-c1ccc(Cl)c(Cl)c1Cl. The number of alkyl halides is 3. The van der Waals surface area contributed by atoms with Crippen LogP contribution in [-0.4, -0.2) is 0 Å². The zero-order valence-corrected chi connectivity index (χ0v) is 11.8. The van der Waals surface area contributed by atoms with E-state index in [0.29, 0.717) is 12.1 Å². The van der Waals surface area contributed by atoms with Gasteiger partial charge in [0.15, 0.2) is 0 Å². The minimum atomic E-state index is -4.58. The summed E-state index contributed by atoms with van der Waals surface area (Å²) in [4.78, 5) is 0. The van der Waals surface area contributed by atoms with Gasteiger partial charge in [0.25, 0.3) is 0 Å². The first kappa shape index (κ1) is 15.4. The summed E-state index contributed by atoms with van der Waals surface area (Å²) in [5, 5.41) is -0.00663. The molecule has 106 valence electrons. The maximum atomic E-state index is 13.8. The van der Waals surface area contributed by atoms with Gasteiger partial charge >= 0.3 is 6.18 Å². The van der Waals surface area contributed by atoms with E-state index in [1.165, 1.54) is 12.1 Å². The average Bonchev–Trinajstić information content (AvgIpc) is 2.36. The Kier molecular flexibility index (Phi) is 4.19. The Bertz CT molecular complexity index is 665. The van der Waals surface area contributed by atoms with Gasteiger partial charge < -0.3 is 0 Å². The number of halogens is 7. The van der Waals surface area contributed by atoms with Crippen molar-refractivity contribution in [3.8, 4) is 11.1 Å². The monoisotopic (exact) mass is 342 g/mol. The van der Waals surface area contributed by atoms with E-state index >= 15 is 0 Å². The third-order valence-corrected chi connectivity index (χ3v) is 3.91. The first-order valence-corrected chi connectivity index (χ1v) is 6.36. The fourth-order valence-corrected chi connectivity index (χ4v) is 2.28. The highest BCUT2D eigenvalue weighted by atomic mass is 35.5. The largest absolute Gasteiger partial charge is 0.416 e. The van der Waals surface area contributed by atoms with Crippen molar-refractivity contribution in [2.75, 3.05) is 0 Å². The molecular formula is C13H5Cl3F4. The summed E-state index contributed by atoms with van der Waals surface area (Å²) >= 11 is 17.4. The van der Waals surface area contributed by atoms with Crippen LogP contribution in [0.15, 0.2) is 30.3 Å². The molecule has 0 aliphatic rings. The van der Waals surface area contributed by atoms with Crippen LogP contribution < -0.4 is 0 Å². The van der Waals surface area contributed by atoms with Gasteiger partial charge in [-0.2, -0.15) is 13.2 Å². The van der Waals surface area contributed by atoms with Gasteiger partial charge in [0.05, 0.1) is 20.6 Å². The Morgan fingerprint density at radius 2 is 1.45 bits per heavy atom. The molecule has 2 rings (SSSR count). The molecule has 0 nitrogen and oxygen atoms in total. The topological polar surface area (TPSA) is 0 Å². The number of hydrogen-bond acceptors (Lipinski definition) is 0. The first-order chi connectivity index (χ1) is 9.21. The molecule has 0 aromatic heterocycles. The van der Waals surface area contributed by atoms with Gasteiger partial charge in [0, 0.05) is 11.1 Å². The molecule has 0 aliphatic carbocycles. The molecule has 0 atom stereocenters. The number of rotatable bonds is 1. The maximum Gasteiger partial charge on any atom is 0.416 e. The van der Waals surface area contributed by atoms with Crippen LogP contribution in [0.1, 0.15) is 5.56 Å². The maximum absolute atomic E-state index is 13.8. The molecule has 7 heteroatoms. The molecule has 0 aliphatic heterocycles. The zero-order valence-electron chi connectivity index (χ0n) is 9.53. The van der Waals surface area contributed by atoms with Crippen molar-refractivity contribution in [2.45, 2.75) is 6.18 Å². The van der Waals surface area contributed by atoms with Crippen LogP contribution in [0, 0.1) is 5.82 Å². The molecule has 0 fully saturated rings. The Labute approximate surface area is 126 Å². The lowest BCUT2D eigenvalue weighted by Gasteiger charge is -2.12. The second-order valence-electron chi connectivity index (χ2n) is 3.92. The fourth-order valence-electron chi connectivity index (χ4n) is 1.64. The van der Waals surface area contributed by atoms with Crippen LogP contribution in [0.3, 0.4) is 0 Å². The zero-order chi connectivity index (χ0) is 15.1. The summed E-state index contributed by atoms with van der Waals surface area (Å²) in [6, 6.07) is 4.72. The minimum absolute atomic E-state index is 0.0392. The molecule has 0 saturated carbocycles. The van der Waals surface area contributed by atoms with E-state index in [4.69, 9.17) is 34.8 Å². The minimum Gasteiger partial charge on any atom is -0.206 e. The highest BCUT2D eigenvalue weighted by molar-refractivity contribution is 6.49. The predicted octanol–water partition coefficient (Wildman–Crippen LogP) is 6.47. The molecule has 2 aromatic rings.